The predicted molar refractivity (Wildman–Crippen MR) is 91.3 cm³/mol. The standard InChI is InChI=1S/C18H16F3NO2S/c1-12(2)17(23)22(25(24)16-10-4-13(3)5-11-16)15-8-6-14(7-9-15)18(19,20)21/h4-11H,1H2,2-3H3/t25-/m0/s1. The number of amides is 1. The highest BCUT2D eigenvalue weighted by Gasteiger charge is 2.31. The lowest BCUT2D eigenvalue weighted by Gasteiger charge is -2.22. The molecule has 2 rings (SSSR count). The number of hydrogen-bond acceptors (Lipinski definition) is 2. The third-order valence-corrected chi connectivity index (χ3v) is 4.75. The van der Waals surface area contributed by atoms with Gasteiger partial charge in [0, 0.05) is 5.57 Å². The summed E-state index contributed by atoms with van der Waals surface area (Å²) in [4.78, 5) is 12.8. The fraction of sp³-hybridized carbons (Fsp3) is 0.167. The molecular formula is C18H16F3NO2S. The van der Waals surface area contributed by atoms with Gasteiger partial charge in [-0.25, -0.2) is 8.51 Å². The number of aryl methyl sites for hydroxylation is 1. The second kappa shape index (κ2) is 7.23. The van der Waals surface area contributed by atoms with Gasteiger partial charge in [-0.15, -0.1) is 0 Å². The van der Waals surface area contributed by atoms with Crippen LogP contribution in [0, 0.1) is 6.92 Å². The Bertz CT molecular complexity index is 812. The molecule has 25 heavy (non-hydrogen) atoms. The molecule has 0 radical (unpaired) electrons. The number of nitrogens with zero attached hydrogens (tertiary/aromatic N) is 1. The van der Waals surface area contributed by atoms with E-state index in [1.807, 2.05) is 6.92 Å². The van der Waals surface area contributed by atoms with Crippen LogP contribution in [0.25, 0.3) is 0 Å². The molecule has 1 atom stereocenters. The summed E-state index contributed by atoms with van der Waals surface area (Å²) in [5.74, 6) is -0.626. The Morgan fingerprint density at radius 2 is 1.56 bits per heavy atom. The average Bonchev–Trinajstić information content (AvgIpc) is 2.55. The van der Waals surface area contributed by atoms with Crippen molar-refractivity contribution >= 4 is 22.6 Å². The average molecular weight is 367 g/mol. The summed E-state index contributed by atoms with van der Waals surface area (Å²) in [5.41, 5.74) is 0.327. The molecule has 0 spiro atoms. The van der Waals surface area contributed by atoms with Gasteiger partial charge in [-0.05, 0) is 50.2 Å². The van der Waals surface area contributed by atoms with E-state index >= 15 is 0 Å². The first-order chi connectivity index (χ1) is 11.6. The number of carbonyl (C=O) groups excluding carboxylic acids is 1. The molecule has 0 bridgehead atoms. The lowest BCUT2D eigenvalue weighted by atomic mass is 10.2. The van der Waals surface area contributed by atoms with Crippen molar-refractivity contribution in [2.75, 3.05) is 4.31 Å². The summed E-state index contributed by atoms with van der Waals surface area (Å²) >= 11 is 0. The van der Waals surface area contributed by atoms with Gasteiger partial charge < -0.3 is 0 Å². The highest BCUT2D eigenvalue weighted by atomic mass is 32.2. The van der Waals surface area contributed by atoms with Crippen LogP contribution in [0.3, 0.4) is 0 Å². The molecule has 7 heteroatoms. The van der Waals surface area contributed by atoms with E-state index in [-0.39, 0.29) is 11.3 Å². The van der Waals surface area contributed by atoms with Crippen molar-refractivity contribution in [3.8, 4) is 0 Å². The van der Waals surface area contributed by atoms with Crippen molar-refractivity contribution in [2.24, 2.45) is 0 Å². The van der Waals surface area contributed by atoms with Gasteiger partial charge in [-0.2, -0.15) is 13.2 Å². The molecule has 0 aromatic heterocycles. The monoisotopic (exact) mass is 367 g/mol. The Morgan fingerprint density at radius 1 is 1.04 bits per heavy atom. The van der Waals surface area contributed by atoms with Crippen molar-refractivity contribution < 1.29 is 22.2 Å². The third-order valence-electron chi connectivity index (χ3n) is 3.37. The first kappa shape index (κ1) is 18.9. The highest BCUT2D eigenvalue weighted by Crippen LogP contribution is 2.31. The van der Waals surface area contributed by atoms with Gasteiger partial charge in [0.05, 0.1) is 16.1 Å². The number of halogens is 3. The van der Waals surface area contributed by atoms with Gasteiger partial charge in [0.2, 0.25) is 0 Å². The molecule has 0 aliphatic heterocycles. The van der Waals surface area contributed by atoms with Crippen LogP contribution in [0.2, 0.25) is 0 Å². The largest absolute Gasteiger partial charge is 0.416 e. The molecule has 0 saturated carbocycles. The zero-order valence-electron chi connectivity index (χ0n) is 13.6. The van der Waals surface area contributed by atoms with Gasteiger partial charge >= 0.3 is 6.18 Å². The zero-order valence-corrected chi connectivity index (χ0v) is 14.4. The van der Waals surface area contributed by atoms with Crippen LogP contribution < -0.4 is 4.31 Å². The van der Waals surface area contributed by atoms with Crippen LogP contribution in [0.5, 0.6) is 0 Å². The van der Waals surface area contributed by atoms with E-state index in [0.29, 0.717) is 4.90 Å². The molecule has 0 aliphatic carbocycles. The van der Waals surface area contributed by atoms with Gasteiger partial charge in [0.15, 0.2) is 11.0 Å². The highest BCUT2D eigenvalue weighted by molar-refractivity contribution is 7.87. The van der Waals surface area contributed by atoms with Crippen LogP contribution in [0.4, 0.5) is 18.9 Å². The summed E-state index contributed by atoms with van der Waals surface area (Å²) in [6.45, 7) is 6.85. The van der Waals surface area contributed by atoms with Crippen LogP contribution in [-0.2, 0) is 22.0 Å². The van der Waals surface area contributed by atoms with Crippen molar-refractivity contribution in [1.29, 1.82) is 0 Å². The molecule has 0 fully saturated rings. The number of rotatable bonds is 4. The number of hydrogen-bond donors (Lipinski definition) is 0. The van der Waals surface area contributed by atoms with E-state index in [2.05, 4.69) is 6.58 Å². The van der Waals surface area contributed by atoms with Crippen molar-refractivity contribution in [3.63, 3.8) is 0 Å². The molecule has 0 aliphatic rings. The van der Waals surface area contributed by atoms with Crippen LogP contribution in [0.1, 0.15) is 18.1 Å². The van der Waals surface area contributed by atoms with E-state index in [9.17, 15) is 22.2 Å². The summed E-state index contributed by atoms with van der Waals surface area (Å²) in [6.07, 6.45) is -4.49. The lowest BCUT2D eigenvalue weighted by molar-refractivity contribution is -0.137. The minimum absolute atomic E-state index is 0.0971. The molecule has 2 aromatic carbocycles. The molecular weight excluding hydrogens is 351 g/mol. The van der Waals surface area contributed by atoms with Crippen molar-refractivity contribution in [3.05, 3.63) is 71.8 Å². The van der Waals surface area contributed by atoms with Gasteiger partial charge in [-0.1, -0.05) is 24.3 Å². The number of alkyl halides is 3. The SMILES string of the molecule is C=C(C)C(=O)N(c1ccc(C(F)(F)F)cc1)[S@@](=O)c1ccc(C)cc1. The fourth-order valence-corrected chi connectivity index (χ4v) is 3.21. The van der Waals surface area contributed by atoms with E-state index in [1.165, 1.54) is 6.92 Å². The Morgan fingerprint density at radius 3 is 2.00 bits per heavy atom. The number of benzene rings is 2. The third kappa shape index (κ3) is 4.36. The van der Waals surface area contributed by atoms with Crippen LogP contribution >= 0.6 is 0 Å². The molecule has 0 heterocycles. The fourth-order valence-electron chi connectivity index (χ4n) is 2.01. The normalized spacial score (nSPS) is 12.5. The van der Waals surface area contributed by atoms with Crippen LogP contribution in [0.15, 0.2) is 65.6 Å². The smallest absolute Gasteiger partial charge is 0.268 e. The summed E-state index contributed by atoms with van der Waals surface area (Å²) in [6, 6.07) is 10.6. The quantitative estimate of drug-likeness (QED) is 0.738. The minimum atomic E-state index is -4.49. The van der Waals surface area contributed by atoms with E-state index in [1.54, 1.807) is 24.3 Å². The maximum absolute atomic E-state index is 12.8. The van der Waals surface area contributed by atoms with E-state index < -0.39 is 28.6 Å². The van der Waals surface area contributed by atoms with E-state index in [0.717, 1.165) is 34.1 Å². The van der Waals surface area contributed by atoms with Gasteiger partial charge in [-0.3, -0.25) is 4.79 Å². The molecule has 3 nitrogen and oxygen atoms in total. The first-order valence-corrected chi connectivity index (χ1v) is 8.37. The first-order valence-electron chi connectivity index (χ1n) is 7.27. The molecule has 0 unspecified atom stereocenters. The topological polar surface area (TPSA) is 37.4 Å². The molecule has 0 N–H and O–H groups in total. The second-order valence-corrected chi connectivity index (χ2v) is 6.82. The molecule has 132 valence electrons. The minimum Gasteiger partial charge on any atom is -0.268 e. The summed E-state index contributed by atoms with van der Waals surface area (Å²) < 4.78 is 51.9. The molecule has 1 amide bonds. The van der Waals surface area contributed by atoms with Crippen molar-refractivity contribution in [1.82, 2.24) is 0 Å². The number of anilines is 1. The maximum Gasteiger partial charge on any atom is 0.416 e. The number of carbonyl (C=O) groups is 1. The zero-order chi connectivity index (χ0) is 18.8. The summed E-state index contributed by atoms with van der Waals surface area (Å²) in [7, 11) is -1.92. The maximum atomic E-state index is 12.8. The van der Waals surface area contributed by atoms with E-state index in [4.69, 9.17) is 0 Å². The van der Waals surface area contributed by atoms with Crippen molar-refractivity contribution in [2.45, 2.75) is 24.9 Å². The Balaban J connectivity index is 2.46. The second-order valence-electron chi connectivity index (χ2n) is 5.49. The van der Waals surface area contributed by atoms with Crippen LogP contribution in [-0.4, -0.2) is 10.1 Å². The Hall–Kier alpha value is -2.41. The molecule has 0 saturated heterocycles. The Labute approximate surface area is 146 Å². The van der Waals surface area contributed by atoms with Gasteiger partial charge in [0.1, 0.15) is 0 Å². The summed E-state index contributed by atoms with van der Waals surface area (Å²) in [5, 5.41) is 0. The van der Waals surface area contributed by atoms with Gasteiger partial charge in [0.25, 0.3) is 5.91 Å². The molecule has 2 aromatic rings. The predicted octanol–water partition coefficient (Wildman–Crippen LogP) is 4.65. The Kier molecular flexibility index (Phi) is 5.47. The lowest BCUT2D eigenvalue weighted by Crippen LogP contribution is -2.33.